The van der Waals surface area contributed by atoms with Gasteiger partial charge in [0, 0.05) is 16.8 Å². The van der Waals surface area contributed by atoms with Crippen molar-refractivity contribution in [3.05, 3.63) is 52.7 Å². The van der Waals surface area contributed by atoms with Crippen molar-refractivity contribution in [3.8, 4) is 5.69 Å². The van der Waals surface area contributed by atoms with Crippen molar-refractivity contribution in [2.75, 3.05) is 11.9 Å². The number of aromatic nitrogens is 4. The van der Waals surface area contributed by atoms with E-state index < -0.39 is 0 Å². The molecule has 0 bridgehead atoms. The number of hydrogen-bond donors (Lipinski definition) is 1. The highest BCUT2D eigenvalue weighted by Crippen LogP contribution is 2.27. The second-order valence-corrected chi connectivity index (χ2v) is 6.41. The first-order chi connectivity index (χ1) is 10.2. The Morgan fingerprint density at radius 3 is 2.67 bits per heavy atom. The van der Waals surface area contributed by atoms with E-state index in [-0.39, 0.29) is 5.41 Å². The highest BCUT2D eigenvalue weighted by molar-refractivity contribution is 7.10. The van der Waals surface area contributed by atoms with Crippen molar-refractivity contribution in [1.29, 1.82) is 0 Å². The standard InChI is InChI=1S/C15H17N5S/c1-15(2,13-9-6-10-21-13)11-16-14-17-18-19-20(14)12-7-4-3-5-8-12/h3-10H,11H2,1-2H3,(H,16,17,19). The van der Waals surface area contributed by atoms with Crippen LogP contribution in [0.25, 0.3) is 5.69 Å². The van der Waals surface area contributed by atoms with Gasteiger partial charge in [0.1, 0.15) is 0 Å². The van der Waals surface area contributed by atoms with Gasteiger partial charge in [-0.2, -0.15) is 4.68 Å². The molecule has 2 aromatic heterocycles. The van der Waals surface area contributed by atoms with Gasteiger partial charge >= 0.3 is 0 Å². The molecule has 3 rings (SSSR count). The van der Waals surface area contributed by atoms with Gasteiger partial charge in [0.05, 0.1) is 5.69 Å². The Morgan fingerprint density at radius 2 is 1.95 bits per heavy atom. The lowest BCUT2D eigenvalue weighted by Crippen LogP contribution is -2.27. The maximum atomic E-state index is 4.07. The van der Waals surface area contributed by atoms with Gasteiger partial charge in [0.15, 0.2) is 0 Å². The third-order valence-corrected chi connectivity index (χ3v) is 4.58. The fraction of sp³-hybridized carbons (Fsp3) is 0.267. The SMILES string of the molecule is CC(C)(CNc1nnnn1-c1ccccc1)c1cccs1. The van der Waals surface area contributed by atoms with E-state index >= 15 is 0 Å². The molecular weight excluding hydrogens is 282 g/mol. The fourth-order valence-corrected chi connectivity index (χ4v) is 2.94. The van der Waals surface area contributed by atoms with Crippen LogP contribution in [-0.2, 0) is 5.41 Å². The molecule has 6 heteroatoms. The summed E-state index contributed by atoms with van der Waals surface area (Å²) >= 11 is 1.77. The lowest BCUT2D eigenvalue weighted by molar-refractivity contribution is 0.566. The Morgan fingerprint density at radius 1 is 1.14 bits per heavy atom. The normalized spacial score (nSPS) is 11.5. The van der Waals surface area contributed by atoms with Gasteiger partial charge in [0.2, 0.25) is 5.95 Å². The minimum Gasteiger partial charge on any atom is -0.352 e. The number of tetrazole rings is 1. The molecule has 0 aliphatic heterocycles. The van der Waals surface area contributed by atoms with Gasteiger partial charge < -0.3 is 5.32 Å². The molecule has 0 atom stereocenters. The lowest BCUT2D eigenvalue weighted by atomic mass is 9.91. The molecule has 0 unspecified atom stereocenters. The van der Waals surface area contributed by atoms with Crippen LogP contribution in [0.5, 0.6) is 0 Å². The third kappa shape index (κ3) is 2.95. The van der Waals surface area contributed by atoms with E-state index in [0.29, 0.717) is 5.95 Å². The minimum atomic E-state index is 0.0294. The number of thiophene rings is 1. The van der Waals surface area contributed by atoms with Gasteiger partial charge in [0.25, 0.3) is 0 Å². The number of rotatable bonds is 5. The maximum absolute atomic E-state index is 4.07. The number of nitrogens with one attached hydrogen (secondary N) is 1. The van der Waals surface area contributed by atoms with E-state index in [1.165, 1.54) is 4.88 Å². The smallest absolute Gasteiger partial charge is 0.247 e. The predicted molar refractivity (Wildman–Crippen MR) is 85.0 cm³/mol. The van der Waals surface area contributed by atoms with E-state index in [4.69, 9.17) is 0 Å². The first-order valence-electron chi connectivity index (χ1n) is 6.78. The summed E-state index contributed by atoms with van der Waals surface area (Å²) in [6.45, 7) is 5.19. The predicted octanol–water partition coefficient (Wildman–Crippen LogP) is 3.11. The largest absolute Gasteiger partial charge is 0.352 e. The van der Waals surface area contributed by atoms with Crippen LogP contribution in [0.15, 0.2) is 47.8 Å². The molecule has 1 N–H and O–H groups in total. The summed E-state index contributed by atoms with van der Waals surface area (Å²) in [5.74, 6) is 0.658. The number of hydrogen-bond acceptors (Lipinski definition) is 5. The number of para-hydroxylation sites is 1. The van der Waals surface area contributed by atoms with Crippen LogP contribution < -0.4 is 5.32 Å². The zero-order valence-corrected chi connectivity index (χ0v) is 12.8. The molecule has 3 aromatic rings. The second kappa shape index (κ2) is 5.65. The highest BCUT2D eigenvalue weighted by Gasteiger charge is 2.22. The van der Waals surface area contributed by atoms with Crippen molar-refractivity contribution >= 4 is 17.3 Å². The lowest BCUT2D eigenvalue weighted by Gasteiger charge is -2.23. The van der Waals surface area contributed by atoms with Gasteiger partial charge in [-0.05, 0) is 34.0 Å². The Hall–Kier alpha value is -2.21. The summed E-state index contributed by atoms with van der Waals surface area (Å²) in [6, 6.07) is 14.1. The maximum Gasteiger partial charge on any atom is 0.247 e. The van der Waals surface area contributed by atoms with Crippen molar-refractivity contribution in [1.82, 2.24) is 20.2 Å². The number of nitrogens with zero attached hydrogens (tertiary/aromatic N) is 4. The van der Waals surface area contributed by atoms with Crippen LogP contribution in [-0.4, -0.2) is 26.8 Å². The molecule has 5 nitrogen and oxygen atoms in total. The number of anilines is 1. The average molecular weight is 299 g/mol. The van der Waals surface area contributed by atoms with Crippen molar-refractivity contribution in [2.24, 2.45) is 0 Å². The van der Waals surface area contributed by atoms with Gasteiger partial charge in [-0.15, -0.1) is 11.3 Å². The van der Waals surface area contributed by atoms with E-state index in [1.54, 1.807) is 16.0 Å². The molecule has 2 heterocycles. The summed E-state index contributed by atoms with van der Waals surface area (Å²) in [4.78, 5) is 1.34. The molecule has 108 valence electrons. The van der Waals surface area contributed by atoms with E-state index in [2.05, 4.69) is 52.2 Å². The van der Waals surface area contributed by atoms with Gasteiger partial charge in [-0.1, -0.05) is 43.2 Å². The molecule has 0 aliphatic carbocycles. The van der Waals surface area contributed by atoms with Gasteiger partial charge in [-0.3, -0.25) is 0 Å². The summed E-state index contributed by atoms with van der Waals surface area (Å²) in [5, 5.41) is 17.3. The fourth-order valence-electron chi connectivity index (χ4n) is 2.09. The summed E-state index contributed by atoms with van der Waals surface area (Å²) < 4.78 is 1.71. The minimum absolute atomic E-state index is 0.0294. The van der Waals surface area contributed by atoms with E-state index in [9.17, 15) is 0 Å². The zero-order chi connectivity index (χ0) is 14.7. The van der Waals surface area contributed by atoms with Crippen LogP contribution in [0.3, 0.4) is 0 Å². The monoisotopic (exact) mass is 299 g/mol. The van der Waals surface area contributed by atoms with Gasteiger partial charge in [-0.25, -0.2) is 0 Å². The first kappa shape index (κ1) is 13.8. The van der Waals surface area contributed by atoms with E-state index in [0.717, 1.165) is 12.2 Å². The van der Waals surface area contributed by atoms with Crippen LogP contribution in [0.1, 0.15) is 18.7 Å². The Kier molecular flexibility index (Phi) is 3.70. The molecule has 0 spiro atoms. The molecule has 0 saturated carbocycles. The second-order valence-electron chi connectivity index (χ2n) is 5.46. The van der Waals surface area contributed by atoms with Crippen molar-refractivity contribution in [3.63, 3.8) is 0 Å². The highest BCUT2D eigenvalue weighted by atomic mass is 32.1. The molecule has 0 fully saturated rings. The number of benzene rings is 1. The molecule has 1 aromatic carbocycles. The Balaban J connectivity index is 1.77. The van der Waals surface area contributed by atoms with Crippen LogP contribution in [0.2, 0.25) is 0 Å². The summed E-state index contributed by atoms with van der Waals surface area (Å²) in [5.41, 5.74) is 0.973. The molecule has 0 radical (unpaired) electrons. The van der Waals surface area contributed by atoms with Crippen LogP contribution >= 0.6 is 11.3 Å². The van der Waals surface area contributed by atoms with Crippen molar-refractivity contribution < 1.29 is 0 Å². The summed E-state index contributed by atoms with van der Waals surface area (Å²) in [6.07, 6.45) is 0. The van der Waals surface area contributed by atoms with Crippen molar-refractivity contribution in [2.45, 2.75) is 19.3 Å². The van der Waals surface area contributed by atoms with Crippen LogP contribution in [0.4, 0.5) is 5.95 Å². The Labute approximate surface area is 127 Å². The zero-order valence-electron chi connectivity index (χ0n) is 12.0. The topological polar surface area (TPSA) is 55.6 Å². The summed E-state index contributed by atoms with van der Waals surface area (Å²) in [7, 11) is 0. The molecule has 21 heavy (non-hydrogen) atoms. The molecule has 0 amide bonds. The third-order valence-electron chi connectivity index (χ3n) is 3.35. The first-order valence-corrected chi connectivity index (χ1v) is 7.66. The molecule has 0 aliphatic rings. The van der Waals surface area contributed by atoms with Crippen LogP contribution in [0, 0.1) is 0 Å². The molecular formula is C15H17N5S. The Bertz CT molecular complexity index is 688. The van der Waals surface area contributed by atoms with E-state index in [1.807, 2.05) is 30.3 Å². The quantitative estimate of drug-likeness (QED) is 0.786. The molecule has 0 saturated heterocycles. The average Bonchev–Trinajstić information content (AvgIpc) is 3.18.